The van der Waals surface area contributed by atoms with Crippen molar-refractivity contribution in [2.24, 2.45) is 5.73 Å². The predicted molar refractivity (Wildman–Crippen MR) is 93.6 cm³/mol. The number of aromatic nitrogens is 2. The second kappa shape index (κ2) is 10.2. The molecule has 0 spiro atoms. The summed E-state index contributed by atoms with van der Waals surface area (Å²) in [7, 11) is 0. The summed E-state index contributed by atoms with van der Waals surface area (Å²) >= 11 is 1.23. The summed E-state index contributed by atoms with van der Waals surface area (Å²) < 4.78 is 1.18. The number of H-pyrrole nitrogens is 1. The zero-order valence-corrected chi connectivity index (χ0v) is 15.0. The van der Waals surface area contributed by atoms with Crippen molar-refractivity contribution in [3.63, 3.8) is 0 Å². The molecular weight excluding hydrogens is 362 g/mol. The van der Waals surface area contributed by atoms with Gasteiger partial charge in [-0.15, -0.1) is 24.2 Å². The molecule has 1 aromatic rings. The van der Waals surface area contributed by atoms with E-state index in [9.17, 15) is 24.9 Å². The van der Waals surface area contributed by atoms with Gasteiger partial charge in [-0.2, -0.15) is 0 Å². The fourth-order valence-electron chi connectivity index (χ4n) is 2.05. The van der Waals surface area contributed by atoms with Crippen LogP contribution in [0.3, 0.4) is 0 Å². The highest BCUT2D eigenvalue weighted by Gasteiger charge is 2.35. The minimum absolute atomic E-state index is 0. The average Bonchev–Trinajstić information content (AvgIpc) is 2.53. The maximum Gasteiger partial charge on any atom is 0.329 e. The number of aromatic amines is 1. The fraction of sp³-hybridized carbons (Fsp3) is 0.692. The number of nitrogens with zero attached hydrogens (tertiary/aromatic N) is 1. The van der Waals surface area contributed by atoms with Gasteiger partial charge in [0.1, 0.15) is 23.7 Å². The van der Waals surface area contributed by atoms with E-state index in [4.69, 9.17) is 10.8 Å². The van der Waals surface area contributed by atoms with Crippen molar-refractivity contribution in [2.45, 2.75) is 43.6 Å². The molecule has 1 aromatic heterocycles. The monoisotopic (exact) mass is 385 g/mol. The van der Waals surface area contributed by atoms with Gasteiger partial charge in [-0.05, 0) is 12.7 Å². The number of rotatable bonds is 8. The molecule has 0 saturated heterocycles. The summed E-state index contributed by atoms with van der Waals surface area (Å²) in [5, 5.41) is 37.4. The standard InChI is InChI=1S/C13H23N3O6S.ClH/c1-3-23-12(8(14)10(20)9(19)7(18)5-17)16-4-6(2)11(21)15-13(16)22;/h4,7-10,12,17-20H,3,5,14H2,1-2H3,(H,15,21,22);1H/t7-,8-,9-,10-,12-;/m1./s1. The molecule has 140 valence electrons. The molecule has 1 heterocycles. The number of halogens is 1. The maximum atomic E-state index is 12.0. The van der Waals surface area contributed by atoms with E-state index in [0.29, 0.717) is 11.3 Å². The number of thioether (sulfide) groups is 1. The number of hydrogen-bond acceptors (Lipinski definition) is 8. The summed E-state index contributed by atoms with van der Waals surface area (Å²) in [6, 6.07) is -1.13. The first-order valence-electron chi connectivity index (χ1n) is 7.08. The first kappa shape index (κ1) is 23.1. The Balaban J connectivity index is 0.00000529. The molecule has 0 aliphatic carbocycles. The third kappa shape index (κ3) is 5.31. The van der Waals surface area contributed by atoms with Gasteiger partial charge in [0, 0.05) is 11.8 Å². The smallest absolute Gasteiger partial charge is 0.329 e. The number of aliphatic hydroxyl groups excluding tert-OH is 4. The normalized spacial score (nSPS) is 17.5. The third-order valence-corrected chi connectivity index (χ3v) is 4.63. The van der Waals surface area contributed by atoms with Crippen LogP contribution in [0.15, 0.2) is 15.8 Å². The molecule has 0 radical (unpaired) electrons. The zero-order chi connectivity index (χ0) is 17.7. The lowest BCUT2D eigenvalue weighted by Crippen LogP contribution is -2.53. The van der Waals surface area contributed by atoms with Gasteiger partial charge in [-0.3, -0.25) is 14.3 Å². The summed E-state index contributed by atoms with van der Waals surface area (Å²) in [5.74, 6) is 0.550. The van der Waals surface area contributed by atoms with Crippen LogP contribution in [-0.4, -0.2) is 66.7 Å². The first-order chi connectivity index (χ1) is 10.7. The Bertz CT molecular complexity index is 624. The number of aryl methyl sites for hydroxylation is 1. The Morgan fingerprint density at radius 1 is 1.29 bits per heavy atom. The van der Waals surface area contributed by atoms with E-state index < -0.39 is 47.6 Å². The molecule has 0 aliphatic heterocycles. The van der Waals surface area contributed by atoms with Gasteiger partial charge in [0.2, 0.25) is 0 Å². The number of nitrogens with two attached hydrogens (primary N) is 1. The maximum absolute atomic E-state index is 12.0. The van der Waals surface area contributed by atoms with Crippen molar-refractivity contribution in [1.82, 2.24) is 9.55 Å². The second-order valence-electron chi connectivity index (χ2n) is 5.13. The van der Waals surface area contributed by atoms with Gasteiger partial charge in [0.15, 0.2) is 0 Å². The molecule has 0 amide bonds. The molecule has 1 rings (SSSR count). The van der Waals surface area contributed by atoms with Crippen molar-refractivity contribution >= 4 is 24.2 Å². The summed E-state index contributed by atoms with van der Waals surface area (Å²) in [4.78, 5) is 25.6. The van der Waals surface area contributed by atoms with Crippen molar-refractivity contribution < 1.29 is 20.4 Å². The van der Waals surface area contributed by atoms with Gasteiger partial charge in [-0.1, -0.05) is 6.92 Å². The third-order valence-electron chi connectivity index (χ3n) is 3.41. The topological polar surface area (TPSA) is 162 Å². The highest BCUT2D eigenvalue weighted by atomic mass is 35.5. The van der Waals surface area contributed by atoms with E-state index >= 15 is 0 Å². The van der Waals surface area contributed by atoms with Crippen LogP contribution < -0.4 is 17.0 Å². The molecule has 0 aliphatic rings. The van der Waals surface area contributed by atoms with Crippen LogP contribution in [0.4, 0.5) is 0 Å². The minimum Gasteiger partial charge on any atom is -0.394 e. The van der Waals surface area contributed by atoms with Crippen LogP contribution in [0.25, 0.3) is 0 Å². The van der Waals surface area contributed by atoms with Gasteiger partial charge in [-0.25, -0.2) is 4.79 Å². The molecule has 0 unspecified atom stereocenters. The Kier molecular flexibility index (Phi) is 9.81. The number of hydrogen-bond donors (Lipinski definition) is 6. The molecule has 5 atom stereocenters. The van der Waals surface area contributed by atoms with Crippen LogP contribution in [0, 0.1) is 6.92 Å². The molecule has 0 fully saturated rings. The predicted octanol–water partition coefficient (Wildman–Crippen LogP) is -2.08. The van der Waals surface area contributed by atoms with Gasteiger partial charge < -0.3 is 26.2 Å². The highest BCUT2D eigenvalue weighted by molar-refractivity contribution is 7.99. The van der Waals surface area contributed by atoms with Crippen molar-refractivity contribution in [2.75, 3.05) is 12.4 Å². The summed E-state index contributed by atoms with van der Waals surface area (Å²) in [5.41, 5.74) is 5.04. The molecule has 0 aromatic carbocycles. The van der Waals surface area contributed by atoms with Crippen molar-refractivity contribution in [3.05, 3.63) is 32.6 Å². The average molecular weight is 386 g/mol. The van der Waals surface area contributed by atoms with Crippen LogP contribution in [0.1, 0.15) is 17.9 Å². The number of nitrogens with one attached hydrogen (secondary N) is 1. The van der Waals surface area contributed by atoms with Gasteiger partial charge >= 0.3 is 5.69 Å². The summed E-state index contributed by atoms with van der Waals surface area (Å²) in [6.45, 7) is 2.60. The number of aliphatic hydroxyl groups is 4. The van der Waals surface area contributed by atoms with Crippen molar-refractivity contribution in [1.29, 1.82) is 0 Å². The molecule has 11 heteroatoms. The van der Waals surface area contributed by atoms with E-state index in [0.717, 1.165) is 0 Å². The Labute approximate surface area is 148 Å². The van der Waals surface area contributed by atoms with Crippen LogP contribution in [-0.2, 0) is 0 Å². The molecule has 7 N–H and O–H groups in total. The zero-order valence-electron chi connectivity index (χ0n) is 13.3. The second-order valence-corrected chi connectivity index (χ2v) is 6.53. The lowest BCUT2D eigenvalue weighted by Gasteiger charge is -2.32. The molecule has 0 bridgehead atoms. The molecule has 0 saturated carbocycles. The first-order valence-corrected chi connectivity index (χ1v) is 8.13. The van der Waals surface area contributed by atoms with Crippen LogP contribution >= 0.6 is 24.2 Å². The fourth-order valence-corrected chi connectivity index (χ4v) is 3.10. The van der Waals surface area contributed by atoms with Crippen LogP contribution in [0.5, 0.6) is 0 Å². The summed E-state index contributed by atoms with van der Waals surface area (Å²) in [6.07, 6.45) is -3.48. The molecule has 9 nitrogen and oxygen atoms in total. The Morgan fingerprint density at radius 2 is 1.88 bits per heavy atom. The largest absolute Gasteiger partial charge is 0.394 e. The lowest BCUT2D eigenvalue weighted by molar-refractivity contribution is -0.0850. The lowest BCUT2D eigenvalue weighted by atomic mass is 10.0. The minimum atomic E-state index is -1.67. The Morgan fingerprint density at radius 3 is 2.38 bits per heavy atom. The van der Waals surface area contributed by atoms with E-state index in [1.807, 2.05) is 6.92 Å². The van der Waals surface area contributed by atoms with E-state index in [1.54, 1.807) is 0 Å². The van der Waals surface area contributed by atoms with E-state index in [1.165, 1.54) is 29.4 Å². The molecular formula is C13H24ClN3O6S. The quantitative estimate of drug-likeness (QED) is 0.297. The van der Waals surface area contributed by atoms with Crippen molar-refractivity contribution in [3.8, 4) is 0 Å². The highest BCUT2D eigenvalue weighted by Crippen LogP contribution is 2.26. The van der Waals surface area contributed by atoms with Crippen LogP contribution in [0.2, 0.25) is 0 Å². The van der Waals surface area contributed by atoms with Gasteiger partial charge in [0.05, 0.1) is 12.6 Å². The van der Waals surface area contributed by atoms with E-state index in [2.05, 4.69) is 4.98 Å². The van der Waals surface area contributed by atoms with E-state index in [-0.39, 0.29) is 12.4 Å². The van der Waals surface area contributed by atoms with Gasteiger partial charge in [0.25, 0.3) is 5.56 Å². The molecule has 24 heavy (non-hydrogen) atoms. The Hall–Kier alpha value is -0.880. The SMILES string of the molecule is CCS[C@H]([C@H](N)[C@@H](O)[C@H](O)[C@H](O)CO)n1cc(C)c(=O)[nH]c1=O.Cl.